The van der Waals surface area contributed by atoms with Gasteiger partial charge in [0.2, 0.25) is 0 Å². The molecule has 0 unspecified atom stereocenters. The van der Waals surface area contributed by atoms with E-state index in [2.05, 4.69) is 9.71 Å². The largest absolute Gasteiger partial charge is 0.397 e. The molecular weight excluding hydrogens is 271 g/mol. The molecule has 3 N–H and O–H groups in total. The van der Waals surface area contributed by atoms with Gasteiger partial charge in [-0.05, 0) is 19.1 Å². The fraction of sp³-hybridized carbons (Fsp3) is 0.182. The Hall–Kier alpha value is -2.09. The summed E-state index contributed by atoms with van der Waals surface area (Å²) in [4.78, 5) is 3.91. The molecule has 102 valence electrons. The van der Waals surface area contributed by atoms with E-state index < -0.39 is 15.8 Å². The summed E-state index contributed by atoms with van der Waals surface area (Å²) < 4.78 is 41.0. The lowest BCUT2D eigenvalue weighted by Crippen LogP contribution is -2.14. The number of nitrogens with two attached hydrogens (primary N) is 1. The maximum atomic E-state index is 13.1. The number of benzene rings is 1. The van der Waals surface area contributed by atoms with Crippen molar-refractivity contribution in [3.8, 4) is 0 Å². The molecule has 8 heteroatoms. The fourth-order valence-corrected chi connectivity index (χ4v) is 2.59. The number of imidazole rings is 1. The van der Waals surface area contributed by atoms with Crippen LogP contribution in [0.1, 0.15) is 5.82 Å². The van der Waals surface area contributed by atoms with E-state index in [1.165, 1.54) is 12.3 Å². The lowest BCUT2D eigenvalue weighted by molar-refractivity contribution is 0.598. The van der Waals surface area contributed by atoms with E-state index in [1.54, 1.807) is 18.5 Å². The van der Waals surface area contributed by atoms with Crippen molar-refractivity contribution < 1.29 is 12.8 Å². The smallest absolute Gasteiger partial charge is 0.281 e. The van der Waals surface area contributed by atoms with Gasteiger partial charge in [0.25, 0.3) is 10.0 Å². The van der Waals surface area contributed by atoms with Crippen LogP contribution in [0.15, 0.2) is 29.4 Å². The Labute approximate surface area is 110 Å². The number of hydrogen-bond donors (Lipinski definition) is 2. The second-order valence-corrected chi connectivity index (χ2v) is 5.70. The minimum Gasteiger partial charge on any atom is -0.397 e. The van der Waals surface area contributed by atoms with E-state index in [0.717, 1.165) is 12.1 Å². The van der Waals surface area contributed by atoms with Gasteiger partial charge in [-0.3, -0.25) is 4.72 Å². The predicted octanol–water partition coefficient (Wildman–Crippen LogP) is 1.25. The summed E-state index contributed by atoms with van der Waals surface area (Å²) >= 11 is 0. The van der Waals surface area contributed by atoms with Crippen LogP contribution in [0.4, 0.5) is 15.8 Å². The zero-order valence-corrected chi connectivity index (χ0v) is 11.2. The third-order valence-corrected chi connectivity index (χ3v) is 3.86. The molecule has 0 atom stereocenters. The fourth-order valence-electron chi connectivity index (χ4n) is 1.47. The molecular formula is C11H13FN4O2S. The summed E-state index contributed by atoms with van der Waals surface area (Å²) in [5, 5.41) is -0.142. The first-order valence-electron chi connectivity index (χ1n) is 5.37. The third kappa shape index (κ3) is 2.68. The number of anilines is 2. The van der Waals surface area contributed by atoms with E-state index in [0.29, 0.717) is 5.82 Å². The molecule has 0 radical (unpaired) electrons. The first-order chi connectivity index (χ1) is 8.79. The second-order valence-electron chi connectivity index (χ2n) is 4.07. The van der Waals surface area contributed by atoms with Gasteiger partial charge in [0.1, 0.15) is 11.6 Å². The molecule has 0 bridgehead atoms. The Kier molecular flexibility index (Phi) is 3.19. The standard InChI is InChI=1S/C11H13FN4O2S/c1-7-14-11(6-16(7)2)19(17,18)15-10-5-8(12)3-4-9(10)13/h3-6,15H,13H2,1-2H3. The van der Waals surface area contributed by atoms with Crippen LogP contribution in [-0.2, 0) is 17.1 Å². The van der Waals surface area contributed by atoms with Gasteiger partial charge in [-0.1, -0.05) is 0 Å². The van der Waals surface area contributed by atoms with Gasteiger partial charge in [0.05, 0.1) is 11.4 Å². The first-order valence-corrected chi connectivity index (χ1v) is 6.86. The average molecular weight is 284 g/mol. The van der Waals surface area contributed by atoms with E-state index in [9.17, 15) is 12.8 Å². The highest BCUT2D eigenvalue weighted by Crippen LogP contribution is 2.22. The van der Waals surface area contributed by atoms with Crippen molar-refractivity contribution >= 4 is 21.4 Å². The Morgan fingerprint density at radius 3 is 2.68 bits per heavy atom. The van der Waals surface area contributed by atoms with E-state index in [1.807, 2.05) is 0 Å². The number of sulfonamides is 1. The molecule has 0 saturated heterocycles. The van der Waals surface area contributed by atoms with Crippen molar-refractivity contribution in [2.24, 2.45) is 7.05 Å². The number of nitrogen functional groups attached to an aromatic ring is 1. The van der Waals surface area contributed by atoms with Crippen molar-refractivity contribution in [2.75, 3.05) is 10.5 Å². The lowest BCUT2D eigenvalue weighted by atomic mass is 10.3. The molecule has 0 aliphatic carbocycles. The van der Waals surface area contributed by atoms with Gasteiger partial charge in [0, 0.05) is 19.3 Å². The van der Waals surface area contributed by atoms with E-state index >= 15 is 0 Å². The zero-order valence-electron chi connectivity index (χ0n) is 10.4. The molecule has 1 aromatic carbocycles. The number of aryl methyl sites for hydroxylation is 2. The highest BCUT2D eigenvalue weighted by Gasteiger charge is 2.19. The van der Waals surface area contributed by atoms with Gasteiger partial charge in [-0.25, -0.2) is 9.37 Å². The molecule has 0 amide bonds. The Balaban J connectivity index is 2.39. The molecule has 2 aromatic rings. The first kappa shape index (κ1) is 13.3. The van der Waals surface area contributed by atoms with Crippen LogP contribution in [0.2, 0.25) is 0 Å². The molecule has 1 aromatic heterocycles. The quantitative estimate of drug-likeness (QED) is 0.830. The maximum Gasteiger partial charge on any atom is 0.281 e. The summed E-state index contributed by atoms with van der Waals surface area (Å²) in [5.74, 6) is -0.0308. The van der Waals surface area contributed by atoms with Gasteiger partial charge in [-0.15, -0.1) is 0 Å². The second kappa shape index (κ2) is 4.54. The van der Waals surface area contributed by atoms with Crippen molar-refractivity contribution in [1.82, 2.24) is 9.55 Å². The highest BCUT2D eigenvalue weighted by molar-refractivity contribution is 7.92. The maximum absolute atomic E-state index is 13.1. The Bertz CT molecular complexity index is 705. The summed E-state index contributed by atoms with van der Waals surface area (Å²) in [6, 6.07) is 3.46. The zero-order chi connectivity index (χ0) is 14.2. The van der Waals surface area contributed by atoms with Crippen molar-refractivity contribution in [3.63, 3.8) is 0 Å². The van der Waals surface area contributed by atoms with Crippen LogP contribution in [0.3, 0.4) is 0 Å². The van der Waals surface area contributed by atoms with E-state index in [-0.39, 0.29) is 16.4 Å². The van der Waals surface area contributed by atoms with Crippen LogP contribution < -0.4 is 10.5 Å². The lowest BCUT2D eigenvalue weighted by Gasteiger charge is -2.08. The summed E-state index contributed by atoms with van der Waals surface area (Å²) in [7, 11) is -2.20. The Morgan fingerprint density at radius 1 is 1.42 bits per heavy atom. The summed E-state index contributed by atoms with van der Waals surface area (Å²) in [6.45, 7) is 1.68. The molecule has 1 heterocycles. The number of rotatable bonds is 3. The average Bonchev–Trinajstić information content (AvgIpc) is 2.65. The van der Waals surface area contributed by atoms with Gasteiger partial charge >= 0.3 is 0 Å². The SMILES string of the molecule is Cc1nc(S(=O)(=O)Nc2cc(F)ccc2N)cn1C. The number of nitrogens with one attached hydrogen (secondary N) is 1. The van der Waals surface area contributed by atoms with Crippen molar-refractivity contribution in [1.29, 1.82) is 0 Å². The van der Waals surface area contributed by atoms with Crippen LogP contribution in [0.5, 0.6) is 0 Å². The van der Waals surface area contributed by atoms with Crippen LogP contribution in [-0.4, -0.2) is 18.0 Å². The van der Waals surface area contributed by atoms with E-state index in [4.69, 9.17) is 5.73 Å². The monoisotopic (exact) mass is 284 g/mol. The molecule has 2 rings (SSSR count). The molecule has 0 saturated carbocycles. The van der Waals surface area contributed by atoms with Crippen LogP contribution in [0.25, 0.3) is 0 Å². The molecule has 0 spiro atoms. The van der Waals surface area contributed by atoms with Crippen molar-refractivity contribution in [2.45, 2.75) is 11.9 Å². The van der Waals surface area contributed by atoms with Crippen LogP contribution in [0, 0.1) is 12.7 Å². The van der Waals surface area contributed by atoms with Gasteiger partial charge in [-0.2, -0.15) is 8.42 Å². The molecule has 0 aliphatic rings. The summed E-state index contributed by atoms with van der Waals surface area (Å²) in [5.41, 5.74) is 5.72. The van der Waals surface area contributed by atoms with Gasteiger partial charge < -0.3 is 10.3 Å². The predicted molar refractivity (Wildman–Crippen MR) is 69.6 cm³/mol. The number of halogens is 1. The third-order valence-electron chi connectivity index (χ3n) is 2.62. The molecule has 0 aliphatic heterocycles. The van der Waals surface area contributed by atoms with Gasteiger partial charge in [0.15, 0.2) is 5.03 Å². The Morgan fingerprint density at radius 2 is 2.11 bits per heavy atom. The normalized spacial score (nSPS) is 11.5. The minimum atomic E-state index is -3.88. The van der Waals surface area contributed by atoms with Crippen molar-refractivity contribution in [3.05, 3.63) is 36.0 Å². The molecule has 19 heavy (non-hydrogen) atoms. The molecule has 6 nitrogen and oxygen atoms in total. The minimum absolute atomic E-state index is 0.0108. The number of hydrogen-bond acceptors (Lipinski definition) is 4. The number of aromatic nitrogens is 2. The molecule has 0 fully saturated rings. The highest BCUT2D eigenvalue weighted by atomic mass is 32.2. The topological polar surface area (TPSA) is 90.0 Å². The summed E-state index contributed by atoms with van der Waals surface area (Å²) in [6.07, 6.45) is 1.37. The number of nitrogens with zero attached hydrogens (tertiary/aromatic N) is 2. The van der Waals surface area contributed by atoms with Crippen LogP contribution >= 0.6 is 0 Å².